The highest BCUT2D eigenvalue weighted by Crippen LogP contribution is 2.20. The van der Waals surface area contributed by atoms with Crippen molar-refractivity contribution >= 4 is 10.9 Å². The average Bonchev–Trinajstić information content (AvgIpc) is 2.71. The van der Waals surface area contributed by atoms with Crippen LogP contribution in [-0.2, 0) is 13.6 Å². The van der Waals surface area contributed by atoms with Crippen molar-refractivity contribution in [2.45, 2.75) is 26.4 Å². The van der Waals surface area contributed by atoms with Crippen LogP contribution in [0, 0.1) is 5.92 Å². The minimum atomic E-state index is 0.574. The normalized spacial score (nSPS) is 13.6. The molecule has 1 aromatic heterocycles. The van der Waals surface area contributed by atoms with Crippen LogP contribution < -0.4 is 5.32 Å². The van der Waals surface area contributed by atoms with Crippen molar-refractivity contribution in [2.24, 2.45) is 13.0 Å². The Morgan fingerprint density at radius 3 is 2.55 bits per heavy atom. The minimum Gasteiger partial charge on any atom is -0.350 e. The molecule has 0 fully saturated rings. The number of nitrogens with one attached hydrogen (secondary N) is 1. The van der Waals surface area contributed by atoms with Gasteiger partial charge >= 0.3 is 0 Å². The Balaban J connectivity index is 2.03. The summed E-state index contributed by atoms with van der Waals surface area (Å²) in [4.78, 5) is 2.31. The molecule has 0 saturated carbocycles. The maximum atomic E-state index is 3.61. The van der Waals surface area contributed by atoms with Gasteiger partial charge in [0.05, 0.1) is 0 Å². The molecule has 1 heterocycles. The lowest BCUT2D eigenvalue weighted by atomic mass is 10.0. The fraction of sp³-hybridized carbons (Fsp3) is 0.529. The first-order valence-electron chi connectivity index (χ1n) is 7.40. The summed E-state index contributed by atoms with van der Waals surface area (Å²) in [6.45, 7) is 6.51. The van der Waals surface area contributed by atoms with Crippen LogP contribution in [0.25, 0.3) is 10.9 Å². The standard InChI is InChI=1S/C17H27N3/c1-13(2)17(19(3)4)11-18-10-14-12-20(5)16-9-7-6-8-15(14)16/h6-9,12-13,17-18H,10-11H2,1-5H3. The van der Waals surface area contributed by atoms with E-state index in [2.05, 4.69) is 80.2 Å². The molecule has 0 amide bonds. The molecule has 0 aliphatic rings. The number of likely N-dealkylation sites (N-methyl/N-ethyl adjacent to an activating group) is 1. The zero-order valence-corrected chi connectivity index (χ0v) is 13.4. The van der Waals surface area contributed by atoms with E-state index >= 15 is 0 Å². The van der Waals surface area contributed by atoms with Crippen LogP contribution in [0.5, 0.6) is 0 Å². The summed E-state index contributed by atoms with van der Waals surface area (Å²) in [5, 5.41) is 4.97. The van der Waals surface area contributed by atoms with Gasteiger partial charge in [0.2, 0.25) is 0 Å². The number of fused-ring (bicyclic) bond motifs is 1. The lowest BCUT2D eigenvalue weighted by Crippen LogP contribution is -2.41. The van der Waals surface area contributed by atoms with Gasteiger partial charge in [0.1, 0.15) is 0 Å². The molecule has 2 aromatic rings. The number of aromatic nitrogens is 1. The molecule has 0 bridgehead atoms. The second kappa shape index (κ2) is 6.42. The first-order chi connectivity index (χ1) is 9.50. The summed E-state index contributed by atoms with van der Waals surface area (Å²) in [6, 6.07) is 9.17. The molecule has 1 aromatic carbocycles. The monoisotopic (exact) mass is 273 g/mol. The van der Waals surface area contributed by atoms with Gasteiger partial charge in [-0.25, -0.2) is 0 Å². The van der Waals surface area contributed by atoms with Crippen LogP contribution in [-0.4, -0.2) is 36.1 Å². The fourth-order valence-corrected chi connectivity index (χ4v) is 2.94. The summed E-state index contributed by atoms with van der Waals surface area (Å²) in [7, 11) is 6.43. The van der Waals surface area contributed by atoms with Crippen LogP contribution in [0.2, 0.25) is 0 Å². The average molecular weight is 273 g/mol. The Labute approximate surface area is 122 Å². The van der Waals surface area contributed by atoms with Crippen LogP contribution in [0.4, 0.5) is 0 Å². The van der Waals surface area contributed by atoms with Crippen LogP contribution in [0.1, 0.15) is 19.4 Å². The molecule has 0 aliphatic heterocycles. The molecular formula is C17H27N3. The molecule has 2 rings (SSSR count). The number of nitrogens with zero attached hydrogens (tertiary/aromatic N) is 2. The van der Waals surface area contributed by atoms with E-state index in [1.165, 1.54) is 16.5 Å². The highest BCUT2D eigenvalue weighted by molar-refractivity contribution is 5.83. The van der Waals surface area contributed by atoms with E-state index in [0.29, 0.717) is 12.0 Å². The predicted octanol–water partition coefficient (Wildman–Crippen LogP) is 2.85. The van der Waals surface area contributed by atoms with Crippen molar-refractivity contribution in [3.8, 4) is 0 Å². The molecule has 1 atom stereocenters. The molecule has 0 spiro atoms. The molecule has 0 saturated heterocycles. The second-order valence-corrected chi connectivity index (χ2v) is 6.19. The third kappa shape index (κ3) is 3.22. The van der Waals surface area contributed by atoms with Gasteiger partial charge in [0, 0.05) is 43.3 Å². The lowest BCUT2D eigenvalue weighted by molar-refractivity contribution is 0.224. The van der Waals surface area contributed by atoms with Crippen LogP contribution in [0.15, 0.2) is 30.5 Å². The van der Waals surface area contributed by atoms with E-state index in [9.17, 15) is 0 Å². The first-order valence-corrected chi connectivity index (χ1v) is 7.40. The van der Waals surface area contributed by atoms with Gasteiger partial charge in [-0.1, -0.05) is 32.0 Å². The van der Waals surface area contributed by atoms with Crippen molar-refractivity contribution in [1.29, 1.82) is 0 Å². The van der Waals surface area contributed by atoms with E-state index in [4.69, 9.17) is 0 Å². The zero-order valence-electron chi connectivity index (χ0n) is 13.4. The smallest absolute Gasteiger partial charge is 0.0481 e. The number of rotatable bonds is 6. The van der Waals surface area contributed by atoms with Crippen LogP contribution >= 0.6 is 0 Å². The highest BCUT2D eigenvalue weighted by Gasteiger charge is 2.15. The number of hydrogen-bond acceptors (Lipinski definition) is 2. The number of para-hydroxylation sites is 1. The maximum absolute atomic E-state index is 3.61. The van der Waals surface area contributed by atoms with Crippen molar-refractivity contribution in [1.82, 2.24) is 14.8 Å². The summed E-state index contributed by atoms with van der Waals surface area (Å²) in [6.07, 6.45) is 2.23. The lowest BCUT2D eigenvalue weighted by Gasteiger charge is -2.28. The Bertz CT molecular complexity index is 546. The van der Waals surface area contributed by atoms with Crippen molar-refractivity contribution in [3.05, 3.63) is 36.0 Å². The van der Waals surface area contributed by atoms with Gasteiger partial charge < -0.3 is 14.8 Å². The van der Waals surface area contributed by atoms with Gasteiger partial charge in [-0.05, 0) is 31.6 Å². The third-order valence-corrected chi connectivity index (χ3v) is 4.08. The Morgan fingerprint density at radius 1 is 1.20 bits per heavy atom. The van der Waals surface area contributed by atoms with Gasteiger partial charge in [0.15, 0.2) is 0 Å². The number of aryl methyl sites for hydroxylation is 1. The second-order valence-electron chi connectivity index (χ2n) is 6.19. The third-order valence-electron chi connectivity index (χ3n) is 4.08. The van der Waals surface area contributed by atoms with Crippen molar-refractivity contribution < 1.29 is 0 Å². The van der Waals surface area contributed by atoms with Crippen molar-refractivity contribution in [3.63, 3.8) is 0 Å². The van der Waals surface area contributed by atoms with Gasteiger partial charge in [-0.2, -0.15) is 0 Å². The van der Waals surface area contributed by atoms with E-state index in [1.807, 2.05) is 0 Å². The minimum absolute atomic E-state index is 0.574. The zero-order chi connectivity index (χ0) is 14.7. The molecule has 0 radical (unpaired) electrons. The topological polar surface area (TPSA) is 20.2 Å². The van der Waals surface area contributed by atoms with E-state index in [1.54, 1.807) is 0 Å². The van der Waals surface area contributed by atoms with E-state index in [-0.39, 0.29) is 0 Å². The molecule has 3 nitrogen and oxygen atoms in total. The maximum Gasteiger partial charge on any atom is 0.0481 e. The van der Waals surface area contributed by atoms with Crippen LogP contribution in [0.3, 0.4) is 0 Å². The fourth-order valence-electron chi connectivity index (χ4n) is 2.94. The Hall–Kier alpha value is -1.32. The largest absolute Gasteiger partial charge is 0.350 e. The molecule has 0 aliphatic carbocycles. The first kappa shape index (κ1) is 15.1. The molecule has 20 heavy (non-hydrogen) atoms. The quantitative estimate of drug-likeness (QED) is 0.873. The molecule has 1 unspecified atom stereocenters. The molecular weight excluding hydrogens is 246 g/mol. The summed E-state index contributed by atoms with van der Waals surface area (Å²) >= 11 is 0. The number of hydrogen-bond donors (Lipinski definition) is 1. The summed E-state index contributed by atoms with van der Waals surface area (Å²) < 4.78 is 2.21. The summed E-state index contributed by atoms with van der Waals surface area (Å²) in [5.74, 6) is 0.657. The molecule has 1 N–H and O–H groups in total. The van der Waals surface area contributed by atoms with Gasteiger partial charge in [-0.3, -0.25) is 0 Å². The van der Waals surface area contributed by atoms with Gasteiger partial charge in [-0.15, -0.1) is 0 Å². The SMILES string of the molecule is CC(C)C(CNCc1cn(C)c2ccccc12)N(C)C. The summed E-state index contributed by atoms with van der Waals surface area (Å²) in [5.41, 5.74) is 2.68. The Kier molecular flexibility index (Phi) is 4.84. The number of benzene rings is 1. The van der Waals surface area contributed by atoms with E-state index in [0.717, 1.165) is 13.1 Å². The molecule has 3 heteroatoms. The van der Waals surface area contributed by atoms with E-state index < -0.39 is 0 Å². The van der Waals surface area contributed by atoms with Crippen molar-refractivity contribution in [2.75, 3.05) is 20.6 Å². The van der Waals surface area contributed by atoms with Gasteiger partial charge in [0.25, 0.3) is 0 Å². The highest BCUT2D eigenvalue weighted by atomic mass is 15.1. The Morgan fingerprint density at radius 2 is 1.90 bits per heavy atom. The predicted molar refractivity (Wildman–Crippen MR) is 86.9 cm³/mol. The molecule has 110 valence electrons.